The first-order valence-electron chi connectivity index (χ1n) is 10.3. The number of thiazole rings is 1. The van der Waals surface area contributed by atoms with E-state index in [4.69, 9.17) is 9.73 Å². The monoisotopic (exact) mass is 426 g/mol. The third kappa shape index (κ3) is 3.84. The van der Waals surface area contributed by atoms with E-state index in [1.807, 2.05) is 71.3 Å². The second-order valence-corrected chi connectivity index (χ2v) is 8.57. The summed E-state index contributed by atoms with van der Waals surface area (Å²) < 4.78 is 7.80. The van der Waals surface area contributed by atoms with E-state index in [1.165, 1.54) is 16.9 Å². The highest BCUT2D eigenvalue weighted by Gasteiger charge is 2.28. The lowest BCUT2D eigenvalue weighted by Gasteiger charge is -2.26. The van der Waals surface area contributed by atoms with Crippen molar-refractivity contribution in [2.45, 2.75) is 18.5 Å². The number of aromatic nitrogens is 1. The molecule has 0 amide bonds. The minimum atomic E-state index is -0.0410. The van der Waals surface area contributed by atoms with Crippen molar-refractivity contribution in [1.29, 1.82) is 0 Å². The van der Waals surface area contributed by atoms with Gasteiger partial charge in [0, 0.05) is 0 Å². The Bertz CT molecular complexity index is 1360. The van der Waals surface area contributed by atoms with Crippen LogP contribution in [0.4, 0.5) is 0 Å². The van der Waals surface area contributed by atoms with E-state index in [1.54, 1.807) is 7.11 Å². The zero-order valence-corrected chi connectivity index (χ0v) is 18.0. The normalized spacial score (nSPS) is 18.3. The Labute approximate surface area is 184 Å². The average Bonchev–Trinajstić information content (AvgIpc) is 3.15. The van der Waals surface area contributed by atoms with Crippen LogP contribution in [0.1, 0.15) is 35.2 Å². The molecule has 31 heavy (non-hydrogen) atoms. The molecule has 0 saturated carbocycles. The summed E-state index contributed by atoms with van der Waals surface area (Å²) >= 11 is 1.46. The zero-order valence-electron chi connectivity index (χ0n) is 17.1. The van der Waals surface area contributed by atoms with Gasteiger partial charge >= 0.3 is 0 Å². The molecule has 0 fully saturated rings. The predicted octanol–water partition coefficient (Wildman–Crippen LogP) is 4.10. The Balaban J connectivity index is 1.67. The molecule has 0 aliphatic carbocycles. The SMILES string of the molecule is COc1ccc(/C=c2/sc3n(c2=O)[C@@H](c2ccccc2)C[C@@H](c2ccccc2)N=3)cc1. The summed E-state index contributed by atoms with van der Waals surface area (Å²) in [6, 6.07) is 28.3. The maximum atomic E-state index is 13.4. The molecule has 0 bridgehead atoms. The fraction of sp³-hybridized carbons (Fsp3) is 0.154. The Hall–Kier alpha value is -3.44. The number of ether oxygens (including phenoxy) is 1. The molecule has 0 saturated heterocycles. The van der Waals surface area contributed by atoms with Gasteiger partial charge in [0.1, 0.15) is 5.75 Å². The van der Waals surface area contributed by atoms with Crippen LogP contribution in [0, 0.1) is 0 Å². The van der Waals surface area contributed by atoms with E-state index in [0.717, 1.165) is 28.1 Å². The molecule has 2 heterocycles. The van der Waals surface area contributed by atoms with Gasteiger partial charge in [-0.3, -0.25) is 14.4 Å². The molecule has 3 aromatic carbocycles. The van der Waals surface area contributed by atoms with E-state index >= 15 is 0 Å². The summed E-state index contributed by atoms with van der Waals surface area (Å²) in [5.74, 6) is 0.796. The van der Waals surface area contributed by atoms with Crippen molar-refractivity contribution < 1.29 is 4.74 Å². The van der Waals surface area contributed by atoms with Gasteiger partial charge in [-0.25, -0.2) is 0 Å². The van der Waals surface area contributed by atoms with Crippen LogP contribution in [-0.2, 0) is 0 Å². The van der Waals surface area contributed by atoms with Gasteiger partial charge in [-0.1, -0.05) is 84.1 Å². The van der Waals surface area contributed by atoms with Gasteiger partial charge in [0.15, 0.2) is 4.80 Å². The molecule has 5 heteroatoms. The molecule has 0 spiro atoms. The topological polar surface area (TPSA) is 43.6 Å². The van der Waals surface area contributed by atoms with Crippen LogP contribution in [0.15, 0.2) is 94.7 Å². The maximum Gasteiger partial charge on any atom is 0.270 e. The second kappa shape index (κ2) is 8.36. The molecule has 4 aromatic rings. The van der Waals surface area contributed by atoms with Gasteiger partial charge in [0.25, 0.3) is 5.56 Å². The zero-order chi connectivity index (χ0) is 21.2. The molecule has 5 rings (SSSR count). The van der Waals surface area contributed by atoms with Crippen molar-refractivity contribution in [2.24, 2.45) is 4.99 Å². The standard InChI is InChI=1S/C26H22N2O2S/c1-30-21-14-12-18(13-15-21)16-24-25(29)28-23(20-10-6-3-7-11-20)17-22(27-26(28)31-24)19-8-4-2-5-9-19/h2-16,22-23H,17H2,1H3/b24-16+/t22-,23+/m0/s1. The number of fused-ring (bicyclic) bond motifs is 1. The van der Waals surface area contributed by atoms with Crippen LogP contribution in [0.2, 0.25) is 0 Å². The van der Waals surface area contributed by atoms with E-state index < -0.39 is 0 Å². The Morgan fingerprint density at radius 1 is 0.935 bits per heavy atom. The van der Waals surface area contributed by atoms with Crippen molar-refractivity contribution >= 4 is 17.4 Å². The van der Waals surface area contributed by atoms with Gasteiger partial charge in [-0.05, 0) is 41.3 Å². The molecular formula is C26H22N2O2S. The number of rotatable bonds is 4. The lowest BCUT2D eigenvalue weighted by Crippen LogP contribution is -2.38. The molecule has 154 valence electrons. The molecular weight excluding hydrogens is 404 g/mol. The Kier molecular flexibility index (Phi) is 5.26. The van der Waals surface area contributed by atoms with E-state index in [9.17, 15) is 4.79 Å². The number of hydrogen-bond acceptors (Lipinski definition) is 4. The summed E-state index contributed by atoms with van der Waals surface area (Å²) in [7, 11) is 1.65. The summed E-state index contributed by atoms with van der Waals surface area (Å²) in [4.78, 5) is 19.2. The number of hydrogen-bond donors (Lipinski definition) is 0. The van der Waals surface area contributed by atoms with E-state index in [2.05, 4.69) is 24.3 Å². The molecule has 1 aromatic heterocycles. The highest BCUT2D eigenvalue weighted by Crippen LogP contribution is 2.33. The van der Waals surface area contributed by atoms with E-state index in [-0.39, 0.29) is 17.6 Å². The number of nitrogens with zero attached hydrogens (tertiary/aromatic N) is 2. The lowest BCUT2D eigenvalue weighted by molar-refractivity contribution is 0.415. The second-order valence-electron chi connectivity index (χ2n) is 7.56. The van der Waals surface area contributed by atoms with Crippen molar-refractivity contribution in [3.63, 3.8) is 0 Å². The highest BCUT2D eigenvalue weighted by molar-refractivity contribution is 7.07. The quantitative estimate of drug-likeness (QED) is 0.493. The summed E-state index contributed by atoms with van der Waals surface area (Å²) in [5.41, 5.74) is 3.29. The van der Waals surface area contributed by atoms with Gasteiger partial charge in [0.05, 0.1) is 23.7 Å². The van der Waals surface area contributed by atoms with Gasteiger partial charge in [-0.2, -0.15) is 0 Å². The third-order valence-electron chi connectivity index (χ3n) is 5.64. The van der Waals surface area contributed by atoms with Crippen LogP contribution < -0.4 is 19.6 Å². The van der Waals surface area contributed by atoms with Crippen LogP contribution in [0.3, 0.4) is 0 Å². The largest absolute Gasteiger partial charge is 0.497 e. The number of methoxy groups -OCH3 is 1. The number of benzene rings is 3. The van der Waals surface area contributed by atoms with E-state index in [0.29, 0.717) is 4.53 Å². The molecule has 0 radical (unpaired) electrons. The first-order valence-corrected chi connectivity index (χ1v) is 11.1. The summed E-state index contributed by atoms with van der Waals surface area (Å²) in [5, 5.41) is 0. The molecule has 1 aliphatic heterocycles. The molecule has 4 nitrogen and oxygen atoms in total. The van der Waals surface area contributed by atoms with Crippen molar-refractivity contribution in [3.05, 3.63) is 121 Å². The first-order chi connectivity index (χ1) is 15.2. The maximum absolute atomic E-state index is 13.4. The van der Waals surface area contributed by atoms with Gasteiger partial charge in [0.2, 0.25) is 0 Å². The fourth-order valence-electron chi connectivity index (χ4n) is 4.05. The molecule has 0 unspecified atom stereocenters. The van der Waals surface area contributed by atoms with Crippen LogP contribution >= 0.6 is 11.3 Å². The highest BCUT2D eigenvalue weighted by atomic mass is 32.1. The summed E-state index contributed by atoms with van der Waals surface area (Å²) in [6.45, 7) is 0. The Morgan fingerprint density at radius 3 is 2.23 bits per heavy atom. The lowest BCUT2D eigenvalue weighted by atomic mass is 9.94. The minimum absolute atomic E-state index is 0.0138. The Morgan fingerprint density at radius 2 is 1.58 bits per heavy atom. The van der Waals surface area contributed by atoms with Crippen LogP contribution in [0.25, 0.3) is 6.08 Å². The van der Waals surface area contributed by atoms with Crippen molar-refractivity contribution in [2.75, 3.05) is 7.11 Å². The smallest absolute Gasteiger partial charge is 0.270 e. The first kappa shape index (κ1) is 19.5. The summed E-state index contributed by atoms with van der Waals surface area (Å²) in [6.07, 6.45) is 2.70. The average molecular weight is 427 g/mol. The molecule has 0 N–H and O–H groups in total. The molecule has 2 atom stereocenters. The van der Waals surface area contributed by atoms with Gasteiger partial charge in [-0.15, -0.1) is 0 Å². The molecule has 1 aliphatic rings. The van der Waals surface area contributed by atoms with Gasteiger partial charge < -0.3 is 4.74 Å². The minimum Gasteiger partial charge on any atom is -0.497 e. The van der Waals surface area contributed by atoms with Crippen molar-refractivity contribution in [3.8, 4) is 5.75 Å². The third-order valence-corrected chi connectivity index (χ3v) is 6.64. The predicted molar refractivity (Wildman–Crippen MR) is 124 cm³/mol. The van der Waals surface area contributed by atoms with Crippen molar-refractivity contribution in [1.82, 2.24) is 4.57 Å². The fourth-order valence-corrected chi connectivity index (χ4v) is 5.12. The van der Waals surface area contributed by atoms with Crippen LogP contribution in [-0.4, -0.2) is 11.7 Å². The van der Waals surface area contributed by atoms with Crippen LogP contribution in [0.5, 0.6) is 5.75 Å².